The second-order valence-corrected chi connectivity index (χ2v) is 6.52. The Labute approximate surface area is 130 Å². The van der Waals surface area contributed by atoms with Crippen molar-refractivity contribution in [1.29, 1.82) is 0 Å². The van der Waals surface area contributed by atoms with Gasteiger partial charge < -0.3 is 14.8 Å². The molecule has 0 bridgehead atoms. The molecule has 1 N–H and O–H groups in total. The van der Waals surface area contributed by atoms with Crippen molar-refractivity contribution in [3.63, 3.8) is 0 Å². The molecule has 0 spiro atoms. The highest BCUT2D eigenvalue weighted by atomic mass is 16.5. The molecule has 0 unspecified atom stereocenters. The van der Waals surface area contributed by atoms with E-state index in [1.807, 2.05) is 12.1 Å². The Morgan fingerprint density at radius 1 is 0.952 bits per heavy atom. The summed E-state index contributed by atoms with van der Waals surface area (Å²) in [6.07, 6.45) is 6.01. The largest absolute Gasteiger partial charge is 0.497 e. The normalized spacial score (nSPS) is 11.5. The smallest absolute Gasteiger partial charge is 0.122 e. The fourth-order valence-corrected chi connectivity index (χ4v) is 2.33. The molecule has 3 nitrogen and oxygen atoms in total. The van der Waals surface area contributed by atoms with Gasteiger partial charge in [0, 0.05) is 5.54 Å². The van der Waals surface area contributed by atoms with Gasteiger partial charge >= 0.3 is 0 Å². The molecule has 0 radical (unpaired) electrons. The molecule has 120 valence electrons. The Kier molecular flexibility index (Phi) is 7.58. The third-order valence-corrected chi connectivity index (χ3v) is 3.52. The first kappa shape index (κ1) is 17.8. The molecule has 21 heavy (non-hydrogen) atoms. The van der Waals surface area contributed by atoms with E-state index in [1.54, 1.807) is 14.2 Å². The zero-order chi connectivity index (χ0) is 15.7. The lowest BCUT2D eigenvalue weighted by Gasteiger charge is -2.20. The first-order chi connectivity index (χ1) is 9.96. The van der Waals surface area contributed by atoms with Gasteiger partial charge in [0.15, 0.2) is 0 Å². The Balaban J connectivity index is 2.26. The second kappa shape index (κ2) is 8.93. The van der Waals surface area contributed by atoms with Crippen LogP contribution in [0.4, 0.5) is 0 Å². The van der Waals surface area contributed by atoms with E-state index in [0.29, 0.717) is 0 Å². The Hall–Kier alpha value is -1.22. The zero-order valence-electron chi connectivity index (χ0n) is 14.3. The monoisotopic (exact) mass is 293 g/mol. The summed E-state index contributed by atoms with van der Waals surface area (Å²) in [5.41, 5.74) is 1.47. The van der Waals surface area contributed by atoms with E-state index in [4.69, 9.17) is 9.47 Å². The third kappa shape index (κ3) is 7.37. The molecule has 0 heterocycles. The number of ether oxygens (including phenoxy) is 2. The number of aryl methyl sites for hydroxylation is 1. The topological polar surface area (TPSA) is 30.5 Å². The summed E-state index contributed by atoms with van der Waals surface area (Å²) in [6, 6.07) is 6.02. The highest BCUT2D eigenvalue weighted by molar-refractivity contribution is 5.40. The molecule has 0 saturated carbocycles. The van der Waals surface area contributed by atoms with Crippen molar-refractivity contribution in [2.45, 2.75) is 58.4 Å². The van der Waals surface area contributed by atoms with Gasteiger partial charge in [0.2, 0.25) is 0 Å². The first-order valence-corrected chi connectivity index (χ1v) is 7.92. The molecule has 0 aromatic heterocycles. The van der Waals surface area contributed by atoms with Gasteiger partial charge in [-0.2, -0.15) is 0 Å². The number of nitrogens with one attached hydrogen (secondary N) is 1. The van der Waals surface area contributed by atoms with E-state index in [9.17, 15) is 0 Å². The number of methoxy groups -OCH3 is 2. The number of benzene rings is 1. The van der Waals surface area contributed by atoms with Crippen LogP contribution in [0.5, 0.6) is 11.5 Å². The SMILES string of the molecule is COc1ccc(OC)c(CCCCCCNC(C)(C)C)c1. The summed E-state index contributed by atoms with van der Waals surface area (Å²) in [5, 5.41) is 3.53. The summed E-state index contributed by atoms with van der Waals surface area (Å²) in [5.74, 6) is 1.87. The van der Waals surface area contributed by atoms with Gasteiger partial charge in [-0.1, -0.05) is 12.8 Å². The molecule has 0 atom stereocenters. The second-order valence-electron chi connectivity index (χ2n) is 6.52. The van der Waals surface area contributed by atoms with Crippen molar-refractivity contribution in [1.82, 2.24) is 5.32 Å². The van der Waals surface area contributed by atoms with Crippen LogP contribution in [0.3, 0.4) is 0 Å². The van der Waals surface area contributed by atoms with Gasteiger partial charge in [-0.3, -0.25) is 0 Å². The van der Waals surface area contributed by atoms with Crippen molar-refractivity contribution < 1.29 is 9.47 Å². The minimum absolute atomic E-state index is 0.230. The summed E-state index contributed by atoms with van der Waals surface area (Å²) in [6.45, 7) is 7.73. The molecule has 1 aromatic carbocycles. The highest BCUT2D eigenvalue weighted by Crippen LogP contribution is 2.25. The van der Waals surface area contributed by atoms with E-state index >= 15 is 0 Å². The summed E-state index contributed by atoms with van der Waals surface area (Å²) < 4.78 is 10.7. The molecule has 0 aliphatic carbocycles. The van der Waals surface area contributed by atoms with Crippen LogP contribution in [-0.2, 0) is 6.42 Å². The fourth-order valence-electron chi connectivity index (χ4n) is 2.33. The molecular weight excluding hydrogens is 262 g/mol. The van der Waals surface area contributed by atoms with Crippen LogP contribution in [-0.4, -0.2) is 26.3 Å². The zero-order valence-corrected chi connectivity index (χ0v) is 14.3. The number of hydrogen-bond donors (Lipinski definition) is 1. The Bertz CT molecular complexity index is 410. The third-order valence-electron chi connectivity index (χ3n) is 3.52. The molecule has 0 aliphatic heterocycles. The number of hydrogen-bond acceptors (Lipinski definition) is 3. The van der Waals surface area contributed by atoms with Crippen molar-refractivity contribution in [3.8, 4) is 11.5 Å². The van der Waals surface area contributed by atoms with Crippen molar-refractivity contribution in [2.75, 3.05) is 20.8 Å². The quantitative estimate of drug-likeness (QED) is 0.692. The summed E-state index contributed by atoms with van der Waals surface area (Å²) >= 11 is 0. The molecule has 0 saturated heterocycles. The van der Waals surface area contributed by atoms with E-state index < -0.39 is 0 Å². The van der Waals surface area contributed by atoms with Crippen LogP contribution < -0.4 is 14.8 Å². The van der Waals surface area contributed by atoms with E-state index in [2.05, 4.69) is 32.2 Å². The van der Waals surface area contributed by atoms with Crippen molar-refractivity contribution in [2.24, 2.45) is 0 Å². The van der Waals surface area contributed by atoms with Crippen LogP contribution >= 0.6 is 0 Å². The van der Waals surface area contributed by atoms with Crippen LogP contribution in [0.2, 0.25) is 0 Å². The predicted octanol–water partition coefficient (Wildman–Crippen LogP) is 4.19. The predicted molar refractivity (Wildman–Crippen MR) is 89.5 cm³/mol. The lowest BCUT2D eigenvalue weighted by Crippen LogP contribution is -2.36. The van der Waals surface area contributed by atoms with Gasteiger partial charge in [-0.05, 0) is 70.3 Å². The van der Waals surface area contributed by atoms with Crippen LogP contribution in [0, 0.1) is 0 Å². The Morgan fingerprint density at radius 2 is 1.67 bits per heavy atom. The molecule has 1 aromatic rings. The summed E-state index contributed by atoms with van der Waals surface area (Å²) in [4.78, 5) is 0. The van der Waals surface area contributed by atoms with Crippen LogP contribution in [0.15, 0.2) is 18.2 Å². The maximum Gasteiger partial charge on any atom is 0.122 e. The van der Waals surface area contributed by atoms with E-state index in [-0.39, 0.29) is 5.54 Å². The minimum Gasteiger partial charge on any atom is -0.497 e. The maximum absolute atomic E-state index is 5.41. The van der Waals surface area contributed by atoms with Crippen LogP contribution in [0.25, 0.3) is 0 Å². The minimum atomic E-state index is 0.230. The molecule has 3 heteroatoms. The number of unbranched alkanes of at least 4 members (excludes halogenated alkanes) is 3. The van der Waals surface area contributed by atoms with Crippen molar-refractivity contribution >= 4 is 0 Å². The van der Waals surface area contributed by atoms with Gasteiger partial charge in [-0.15, -0.1) is 0 Å². The van der Waals surface area contributed by atoms with Gasteiger partial charge in [0.05, 0.1) is 14.2 Å². The lowest BCUT2D eigenvalue weighted by atomic mass is 10.0. The highest BCUT2D eigenvalue weighted by Gasteiger charge is 2.07. The van der Waals surface area contributed by atoms with Gasteiger partial charge in [-0.25, -0.2) is 0 Å². The molecule has 0 fully saturated rings. The molecule has 0 amide bonds. The average molecular weight is 293 g/mol. The average Bonchev–Trinajstić information content (AvgIpc) is 2.44. The fraction of sp³-hybridized carbons (Fsp3) is 0.667. The Morgan fingerprint density at radius 3 is 2.29 bits per heavy atom. The van der Waals surface area contributed by atoms with E-state index in [1.165, 1.54) is 31.2 Å². The number of rotatable bonds is 9. The summed E-state index contributed by atoms with van der Waals surface area (Å²) in [7, 11) is 3.43. The first-order valence-electron chi connectivity index (χ1n) is 7.92. The standard InChI is InChI=1S/C18H31NO2/c1-18(2,3)19-13-9-7-6-8-10-15-14-16(20-4)11-12-17(15)21-5/h11-12,14,19H,6-10,13H2,1-5H3. The molecule has 0 aliphatic rings. The van der Waals surface area contributed by atoms with Crippen LogP contribution in [0.1, 0.15) is 52.0 Å². The molecule has 1 rings (SSSR count). The van der Waals surface area contributed by atoms with Gasteiger partial charge in [0.25, 0.3) is 0 Å². The van der Waals surface area contributed by atoms with Gasteiger partial charge in [0.1, 0.15) is 11.5 Å². The maximum atomic E-state index is 5.41. The van der Waals surface area contributed by atoms with E-state index in [0.717, 1.165) is 24.5 Å². The lowest BCUT2D eigenvalue weighted by molar-refractivity contribution is 0.397. The van der Waals surface area contributed by atoms with Crippen molar-refractivity contribution in [3.05, 3.63) is 23.8 Å². The molecular formula is C18H31NO2.